The van der Waals surface area contributed by atoms with Gasteiger partial charge in [-0.15, -0.1) is 0 Å². The van der Waals surface area contributed by atoms with Gasteiger partial charge in [0.1, 0.15) is 5.82 Å². The van der Waals surface area contributed by atoms with Crippen LogP contribution in [-0.2, 0) is 13.1 Å². The first-order valence-electron chi connectivity index (χ1n) is 8.38. The number of benzene rings is 2. The predicted molar refractivity (Wildman–Crippen MR) is 103 cm³/mol. The Bertz CT molecular complexity index is 1030. The number of hydrogen-bond acceptors (Lipinski definition) is 2. The van der Waals surface area contributed by atoms with Crippen LogP contribution in [0, 0.1) is 5.82 Å². The highest BCUT2D eigenvalue weighted by molar-refractivity contribution is 6.31. The first-order chi connectivity index (χ1) is 12.9. The predicted octanol–water partition coefficient (Wildman–Crippen LogP) is 3.96. The SMILES string of the molecule is CN(Cc1cccc(F)c1)C(=O)c1ccc(=O)n(Cc2ccccc2Cl)c1. The van der Waals surface area contributed by atoms with Crippen molar-refractivity contribution >= 4 is 17.5 Å². The van der Waals surface area contributed by atoms with E-state index in [1.165, 1.54) is 39.9 Å². The lowest BCUT2D eigenvalue weighted by Gasteiger charge is -2.18. The molecule has 3 rings (SSSR count). The molecule has 2 aromatic carbocycles. The Morgan fingerprint density at radius 2 is 1.89 bits per heavy atom. The van der Waals surface area contributed by atoms with Crippen LogP contribution in [0.15, 0.2) is 71.7 Å². The van der Waals surface area contributed by atoms with Gasteiger partial charge >= 0.3 is 0 Å². The van der Waals surface area contributed by atoms with Gasteiger partial charge in [0, 0.05) is 30.9 Å². The molecule has 0 bridgehead atoms. The normalized spacial score (nSPS) is 10.6. The molecule has 1 aromatic heterocycles. The second-order valence-corrected chi connectivity index (χ2v) is 6.67. The van der Waals surface area contributed by atoms with Crippen LogP contribution >= 0.6 is 11.6 Å². The van der Waals surface area contributed by atoms with Gasteiger partial charge in [0.15, 0.2) is 0 Å². The molecule has 0 unspecified atom stereocenters. The molecule has 138 valence electrons. The third-order valence-electron chi connectivity index (χ3n) is 4.18. The molecule has 0 aliphatic rings. The molecule has 0 spiro atoms. The van der Waals surface area contributed by atoms with Gasteiger partial charge in [0.2, 0.25) is 0 Å². The molecule has 3 aromatic rings. The molecule has 0 saturated heterocycles. The largest absolute Gasteiger partial charge is 0.337 e. The van der Waals surface area contributed by atoms with E-state index < -0.39 is 0 Å². The average Bonchev–Trinajstić information content (AvgIpc) is 2.64. The zero-order chi connectivity index (χ0) is 19.4. The summed E-state index contributed by atoms with van der Waals surface area (Å²) >= 11 is 6.16. The molecule has 0 atom stereocenters. The number of pyridine rings is 1. The van der Waals surface area contributed by atoms with Crippen LogP contribution in [0.25, 0.3) is 0 Å². The monoisotopic (exact) mass is 384 g/mol. The summed E-state index contributed by atoms with van der Waals surface area (Å²) in [5, 5.41) is 0.560. The molecule has 0 radical (unpaired) electrons. The Hall–Kier alpha value is -2.92. The number of hydrogen-bond donors (Lipinski definition) is 0. The fourth-order valence-electron chi connectivity index (χ4n) is 2.79. The van der Waals surface area contributed by atoms with E-state index in [0.717, 1.165) is 5.56 Å². The average molecular weight is 385 g/mol. The summed E-state index contributed by atoms with van der Waals surface area (Å²) in [5.74, 6) is -0.603. The van der Waals surface area contributed by atoms with Gasteiger partial charge in [-0.1, -0.05) is 41.9 Å². The fraction of sp³-hybridized carbons (Fsp3) is 0.143. The van der Waals surface area contributed by atoms with Crippen LogP contribution in [0.2, 0.25) is 5.02 Å². The van der Waals surface area contributed by atoms with E-state index in [1.807, 2.05) is 18.2 Å². The first-order valence-corrected chi connectivity index (χ1v) is 8.75. The van der Waals surface area contributed by atoms with Gasteiger partial charge in [-0.3, -0.25) is 9.59 Å². The summed E-state index contributed by atoms with van der Waals surface area (Å²) < 4.78 is 14.8. The van der Waals surface area contributed by atoms with Crippen LogP contribution in [0.3, 0.4) is 0 Å². The minimum absolute atomic E-state index is 0.223. The standard InChI is InChI=1S/C21H18ClFN2O2/c1-24(12-15-5-4-7-18(23)11-15)21(27)17-9-10-20(26)25(14-17)13-16-6-2-3-8-19(16)22/h2-11,14H,12-13H2,1H3. The van der Waals surface area contributed by atoms with Crippen molar-refractivity contribution in [2.24, 2.45) is 0 Å². The maximum absolute atomic E-state index is 13.3. The number of carbonyl (C=O) groups excluding carboxylic acids is 1. The van der Waals surface area contributed by atoms with Gasteiger partial charge in [-0.25, -0.2) is 4.39 Å². The van der Waals surface area contributed by atoms with Crippen molar-refractivity contribution in [2.45, 2.75) is 13.1 Å². The fourth-order valence-corrected chi connectivity index (χ4v) is 2.99. The highest BCUT2D eigenvalue weighted by Gasteiger charge is 2.14. The van der Waals surface area contributed by atoms with Crippen LogP contribution in [0.1, 0.15) is 21.5 Å². The molecule has 0 saturated carbocycles. The van der Waals surface area contributed by atoms with Crippen molar-refractivity contribution in [2.75, 3.05) is 7.05 Å². The summed E-state index contributed by atoms with van der Waals surface area (Å²) in [6.07, 6.45) is 1.52. The Morgan fingerprint density at radius 3 is 2.63 bits per heavy atom. The number of halogens is 2. The van der Waals surface area contributed by atoms with Gasteiger partial charge in [-0.2, -0.15) is 0 Å². The van der Waals surface area contributed by atoms with Gasteiger partial charge in [0.05, 0.1) is 12.1 Å². The minimum atomic E-state index is -0.346. The third-order valence-corrected chi connectivity index (χ3v) is 4.55. The third kappa shape index (κ3) is 4.63. The maximum atomic E-state index is 13.3. The molecule has 0 aliphatic carbocycles. The highest BCUT2D eigenvalue weighted by Crippen LogP contribution is 2.16. The van der Waals surface area contributed by atoms with Crippen LogP contribution in [0.5, 0.6) is 0 Å². The van der Waals surface area contributed by atoms with E-state index in [0.29, 0.717) is 16.1 Å². The van der Waals surface area contributed by atoms with Crippen LogP contribution in [-0.4, -0.2) is 22.4 Å². The van der Waals surface area contributed by atoms with Crippen molar-refractivity contribution in [1.82, 2.24) is 9.47 Å². The number of nitrogens with zero attached hydrogens (tertiary/aromatic N) is 2. The van der Waals surface area contributed by atoms with E-state index in [4.69, 9.17) is 11.6 Å². The summed E-state index contributed by atoms with van der Waals surface area (Å²) in [5.41, 5.74) is 1.63. The van der Waals surface area contributed by atoms with E-state index >= 15 is 0 Å². The molecule has 4 nitrogen and oxygen atoms in total. The highest BCUT2D eigenvalue weighted by atomic mass is 35.5. The molecular formula is C21H18ClFN2O2. The van der Waals surface area contributed by atoms with Gasteiger partial charge in [-0.05, 0) is 35.4 Å². The molecule has 0 fully saturated rings. The Morgan fingerprint density at radius 1 is 1.11 bits per heavy atom. The summed E-state index contributed by atoms with van der Waals surface area (Å²) in [4.78, 5) is 26.3. The Labute approximate surface area is 161 Å². The van der Waals surface area contributed by atoms with Crippen LogP contribution in [0.4, 0.5) is 4.39 Å². The van der Waals surface area contributed by atoms with Crippen molar-refractivity contribution in [3.63, 3.8) is 0 Å². The van der Waals surface area contributed by atoms with Gasteiger partial charge < -0.3 is 9.47 Å². The zero-order valence-electron chi connectivity index (χ0n) is 14.7. The lowest BCUT2D eigenvalue weighted by Crippen LogP contribution is -2.28. The molecule has 0 aliphatic heterocycles. The smallest absolute Gasteiger partial charge is 0.255 e. The maximum Gasteiger partial charge on any atom is 0.255 e. The molecule has 27 heavy (non-hydrogen) atoms. The quantitative estimate of drug-likeness (QED) is 0.668. The number of aromatic nitrogens is 1. The Balaban J connectivity index is 1.81. The minimum Gasteiger partial charge on any atom is -0.337 e. The van der Waals surface area contributed by atoms with Crippen molar-refractivity contribution in [3.05, 3.63) is 105 Å². The van der Waals surface area contributed by atoms with E-state index in [1.54, 1.807) is 25.2 Å². The Kier molecular flexibility index (Phi) is 5.72. The molecule has 0 N–H and O–H groups in total. The summed E-state index contributed by atoms with van der Waals surface area (Å²) in [7, 11) is 1.64. The first kappa shape index (κ1) is 18.9. The van der Waals surface area contributed by atoms with Crippen LogP contribution < -0.4 is 5.56 Å². The molecule has 6 heteroatoms. The lowest BCUT2D eigenvalue weighted by atomic mass is 10.2. The van der Waals surface area contributed by atoms with Gasteiger partial charge in [0.25, 0.3) is 11.5 Å². The van der Waals surface area contributed by atoms with E-state index in [-0.39, 0.29) is 30.4 Å². The van der Waals surface area contributed by atoms with Crippen molar-refractivity contribution in [3.8, 4) is 0 Å². The molecular weight excluding hydrogens is 367 g/mol. The second kappa shape index (κ2) is 8.18. The molecule has 1 amide bonds. The summed E-state index contributed by atoms with van der Waals surface area (Å²) in [6.45, 7) is 0.535. The molecule has 1 heterocycles. The van der Waals surface area contributed by atoms with E-state index in [9.17, 15) is 14.0 Å². The number of amides is 1. The topological polar surface area (TPSA) is 42.3 Å². The van der Waals surface area contributed by atoms with Crippen molar-refractivity contribution in [1.29, 1.82) is 0 Å². The number of carbonyl (C=O) groups is 1. The van der Waals surface area contributed by atoms with Crippen molar-refractivity contribution < 1.29 is 9.18 Å². The number of rotatable bonds is 5. The summed E-state index contributed by atoms with van der Waals surface area (Å²) in [6, 6.07) is 16.2. The van der Waals surface area contributed by atoms with E-state index in [2.05, 4.69) is 0 Å². The zero-order valence-corrected chi connectivity index (χ0v) is 15.5. The second-order valence-electron chi connectivity index (χ2n) is 6.27. The lowest BCUT2D eigenvalue weighted by molar-refractivity contribution is 0.0784.